The first-order chi connectivity index (χ1) is 7.72. The largest absolute Gasteiger partial charge is 0.357 e. The molecule has 0 amide bonds. The van der Waals surface area contributed by atoms with Crippen LogP contribution in [0.2, 0.25) is 0 Å². The van der Waals surface area contributed by atoms with Crippen LogP contribution in [0.25, 0.3) is 0 Å². The molecule has 0 aromatic carbocycles. The molecule has 0 radical (unpaired) electrons. The maximum absolute atomic E-state index is 4.75. The molecule has 0 bridgehead atoms. The van der Waals surface area contributed by atoms with Gasteiger partial charge in [0.05, 0.1) is 0 Å². The Morgan fingerprint density at radius 3 is 2.76 bits per heavy atom. The highest BCUT2D eigenvalue weighted by molar-refractivity contribution is 8.82. The molecule has 2 aliphatic rings. The number of hydrogen-bond donors (Lipinski definition) is 0. The molecule has 2 rings (SSSR count). The van der Waals surface area contributed by atoms with Crippen LogP contribution in [0.15, 0.2) is 4.99 Å². The minimum Gasteiger partial charge on any atom is -0.357 e. The number of hydrazine groups is 1. The van der Waals surface area contributed by atoms with Gasteiger partial charge < -0.3 is 4.90 Å². The maximum atomic E-state index is 4.75. The summed E-state index contributed by atoms with van der Waals surface area (Å²) in [7, 11) is 7.77. The van der Waals surface area contributed by atoms with Gasteiger partial charge in [-0.1, -0.05) is 6.92 Å². The van der Waals surface area contributed by atoms with E-state index in [0.29, 0.717) is 0 Å². The van der Waals surface area contributed by atoms with Crippen molar-refractivity contribution in [2.24, 2.45) is 4.99 Å². The number of amidine groups is 1. The SMILES string of the molecule is CCCN1CCCN1C1N=C(N(C)C)SS1.Cl. The summed E-state index contributed by atoms with van der Waals surface area (Å²) >= 11 is 0. The maximum Gasteiger partial charge on any atom is 0.175 e. The van der Waals surface area contributed by atoms with Gasteiger partial charge in [0.25, 0.3) is 0 Å². The van der Waals surface area contributed by atoms with E-state index < -0.39 is 0 Å². The first-order valence-electron chi connectivity index (χ1n) is 5.82. The molecule has 0 spiro atoms. The van der Waals surface area contributed by atoms with Crippen LogP contribution in [0, 0.1) is 0 Å². The van der Waals surface area contributed by atoms with Crippen molar-refractivity contribution >= 4 is 39.2 Å². The van der Waals surface area contributed by atoms with Gasteiger partial charge in [-0.15, -0.1) is 12.4 Å². The summed E-state index contributed by atoms with van der Waals surface area (Å²) in [6, 6.07) is 0. The van der Waals surface area contributed by atoms with Crippen molar-refractivity contribution < 1.29 is 0 Å². The smallest absolute Gasteiger partial charge is 0.175 e. The molecule has 2 aliphatic heterocycles. The summed E-state index contributed by atoms with van der Waals surface area (Å²) in [4.78, 5) is 6.85. The van der Waals surface area contributed by atoms with Gasteiger partial charge in [0.2, 0.25) is 0 Å². The van der Waals surface area contributed by atoms with Crippen molar-refractivity contribution in [1.82, 2.24) is 14.9 Å². The third kappa shape index (κ3) is 3.67. The zero-order chi connectivity index (χ0) is 11.5. The zero-order valence-corrected chi connectivity index (χ0v) is 13.1. The van der Waals surface area contributed by atoms with Crippen LogP contribution < -0.4 is 0 Å². The molecule has 1 atom stereocenters. The van der Waals surface area contributed by atoms with Crippen LogP contribution >= 0.6 is 34.0 Å². The van der Waals surface area contributed by atoms with Crippen molar-refractivity contribution in [1.29, 1.82) is 0 Å². The second-order valence-electron chi connectivity index (χ2n) is 4.28. The van der Waals surface area contributed by atoms with Crippen LogP contribution in [0.5, 0.6) is 0 Å². The first kappa shape index (κ1) is 15.4. The van der Waals surface area contributed by atoms with Crippen molar-refractivity contribution in [3.8, 4) is 0 Å². The molecule has 0 saturated carbocycles. The molecule has 0 aliphatic carbocycles. The van der Waals surface area contributed by atoms with Gasteiger partial charge in [-0.2, -0.15) is 0 Å². The molecular weight excluding hydrogens is 276 g/mol. The van der Waals surface area contributed by atoms with Gasteiger partial charge >= 0.3 is 0 Å². The molecule has 17 heavy (non-hydrogen) atoms. The molecule has 0 N–H and O–H groups in total. The summed E-state index contributed by atoms with van der Waals surface area (Å²) in [5.74, 6) is 0. The van der Waals surface area contributed by atoms with E-state index in [2.05, 4.69) is 35.9 Å². The molecule has 4 nitrogen and oxygen atoms in total. The molecule has 0 aromatic heterocycles. The quantitative estimate of drug-likeness (QED) is 0.744. The van der Waals surface area contributed by atoms with E-state index in [1.165, 1.54) is 19.4 Å². The van der Waals surface area contributed by atoms with Crippen molar-refractivity contribution in [2.75, 3.05) is 33.7 Å². The van der Waals surface area contributed by atoms with E-state index in [-0.39, 0.29) is 17.9 Å². The Balaban J connectivity index is 0.00000144. The minimum absolute atomic E-state index is 0. The van der Waals surface area contributed by atoms with Gasteiger partial charge in [0, 0.05) is 33.7 Å². The molecule has 1 saturated heterocycles. The lowest BCUT2D eigenvalue weighted by molar-refractivity contribution is 0.0193. The van der Waals surface area contributed by atoms with Gasteiger partial charge in [0.1, 0.15) is 0 Å². The summed E-state index contributed by atoms with van der Waals surface area (Å²) in [6.45, 7) is 5.75. The van der Waals surface area contributed by atoms with E-state index in [9.17, 15) is 0 Å². The van der Waals surface area contributed by atoms with Crippen LogP contribution in [0.4, 0.5) is 0 Å². The van der Waals surface area contributed by atoms with E-state index in [1.807, 2.05) is 10.8 Å². The second-order valence-corrected chi connectivity index (χ2v) is 6.51. The Morgan fingerprint density at radius 1 is 1.41 bits per heavy atom. The number of nitrogens with zero attached hydrogens (tertiary/aromatic N) is 4. The van der Waals surface area contributed by atoms with Gasteiger partial charge in [-0.05, 0) is 34.4 Å². The normalized spacial score (nSPS) is 25.8. The fourth-order valence-electron chi connectivity index (χ4n) is 1.96. The van der Waals surface area contributed by atoms with Gasteiger partial charge in [0.15, 0.2) is 10.7 Å². The molecule has 100 valence electrons. The van der Waals surface area contributed by atoms with E-state index in [4.69, 9.17) is 4.99 Å². The zero-order valence-electron chi connectivity index (χ0n) is 10.6. The molecule has 2 heterocycles. The average Bonchev–Trinajstić information content (AvgIpc) is 2.84. The van der Waals surface area contributed by atoms with Gasteiger partial charge in [-0.25, -0.2) is 15.0 Å². The Kier molecular flexibility index (Phi) is 6.44. The standard InChI is InChI=1S/C10H20N4S2.ClH/c1-4-6-13-7-5-8-14(13)10-11-9(12(2)3)15-16-10;/h10H,4-8H2,1-3H3;1H. The van der Waals surface area contributed by atoms with Crippen LogP contribution in [-0.2, 0) is 0 Å². The summed E-state index contributed by atoms with van der Waals surface area (Å²) in [5, 5.41) is 6.02. The lowest BCUT2D eigenvalue weighted by Crippen LogP contribution is -2.41. The fourth-order valence-corrected chi connectivity index (χ4v) is 4.50. The van der Waals surface area contributed by atoms with E-state index in [1.54, 1.807) is 10.8 Å². The lowest BCUT2D eigenvalue weighted by Gasteiger charge is -2.29. The number of aliphatic imine (C=N–C) groups is 1. The minimum atomic E-state index is 0. The number of halogens is 1. The van der Waals surface area contributed by atoms with Crippen molar-refractivity contribution in [3.05, 3.63) is 0 Å². The predicted molar refractivity (Wildman–Crippen MR) is 80.5 cm³/mol. The lowest BCUT2D eigenvalue weighted by atomic mass is 10.4. The topological polar surface area (TPSA) is 22.1 Å². The highest BCUT2D eigenvalue weighted by Gasteiger charge is 2.32. The number of rotatable bonds is 3. The summed E-state index contributed by atoms with van der Waals surface area (Å²) < 4.78 is 0. The Labute approximate surface area is 118 Å². The molecule has 1 unspecified atom stereocenters. The Hall–Kier alpha value is 0.380. The Morgan fingerprint density at radius 2 is 2.18 bits per heavy atom. The number of hydrogen-bond acceptors (Lipinski definition) is 6. The predicted octanol–water partition coefficient (Wildman–Crippen LogP) is 2.34. The summed E-state index contributed by atoms with van der Waals surface area (Å²) in [5.41, 5.74) is 0.288. The van der Waals surface area contributed by atoms with Gasteiger partial charge in [-0.3, -0.25) is 0 Å². The van der Waals surface area contributed by atoms with E-state index >= 15 is 0 Å². The molecule has 0 aromatic rings. The molecule has 1 fully saturated rings. The third-order valence-corrected chi connectivity index (χ3v) is 5.20. The first-order valence-corrected chi connectivity index (χ1v) is 8.03. The van der Waals surface area contributed by atoms with E-state index in [0.717, 1.165) is 18.3 Å². The summed E-state index contributed by atoms with van der Waals surface area (Å²) in [6.07, 6.45) is 2.49. The van der Waals surface area contributed by atoms with Crippen LogP contribution in [-0.4, -0.2) is 59.3 Å². The fraction of sp³-hybridized carbons (Fsp3) is 0.900. The molecular formula is C10H21ClN4S2. The second kappa shape index (κ2) is 7.09. The molecule has 7 heteroatoms. The van der Waals surface area contributed by atoms with Crippen LogP contribution in [0.1, 0.15) is 19.8 Å². The monoisotopic (exact) mass is 296 g/mol. The van der Waals surface area contributed by atoms with Crippen LogP contribution in [0.3, 0.4) is 0 Å². The van der Waals surface area contributed by atoms with Crippen molar-refractivity contribution in [2.45, 2.75) is 25.3 Å². The Bertz CT molecular complexity index is 275. The highest BCUT2D eigenvalue weighted by atomic mass is 35.5. The average molecular weight is 297 g/mol. The third-order valence-electron chi connectivity index (χ3n) is 2.72. The van der Waals surface area contributed by atoms with Crippen molar-refractivity contribution in [3.63, 3.8) is 0 Å². The highest BCUT2D eigenvalue weighted by Crippen LogP contribution is 2.40.